The number of amides is 3. The normalized spacial score (nSPS) is 15.2. The van der Waals surface area contributed by atoms with E-state index in [0.29, 0.717) is 22.8 Å². The fraction of sp³-hybridized carbons (Fsp3) is 0.318. The molecule has 1 heterocycles. The minimum absolute atomic E-state index is 0.000813. The minimum atomic E-state index is -4.18. The standard InChI is InChI=1S/C22H24FN3O5S/c1-3-12-24-21(28)15(2)25(13-16-8-10-17(23)11-9-16)20(27)14-26-22(29)18-6-4-5-7-19(18)32(26,30)31/h4-11,15H,3,12-14H2,1-2H3,(H,24,28)/t15-/m1/s1. The first kappa shape index (κ1) is 23.4. The van der Waals surface area contributed by atoms with E-state index in [1.54, 1.807) is 6.07 Å². The summed E-state index contributed by atoms with van der Waals surface area (Å²) in [5, 5.41) is 2.70. The van der Waals surface area contributed by atoms with E-state index < -0.39 is 46.1 Å². The molecule has 2 aromatic rings. The molecule has 0 spiro atoms. The molecule has 0 aromatic heterocycles. The van der Waals surface area contributed by atoms with E-state index in [1.165, 1.54) is 54.3 Å². The number of halogens is 1. The first-order chi connectivity index (χ1) is 15.2. The summed E-state index contributed by atoms with van der Waals surface area (Å²) >= 11 is 0. The number of hydrogen-bond donors (Lipinski definition) is 1. The number of carbonyl (C=O) groups excluding carboxylic acids is 3. The van der Waals surface area contributed by atoms with Crippen LogP contribution in [0.2, 0.25) is 0 Å². The number of nitrogens with one attached hydrogen (secondary N) is 1. The van der Waals surface area contributed by atoms with Crippen LogP contribution in [-0.2, 0) is 26.2 Å². The third kappa shape index (κ3) is 4.64. The lowest BCUT2D eigenvalue weighted by atomic mass is 10.1. The Bertz CT molecular complexity index is 1130. The molecule has 170 valence electrons. The first-order valence-electron chi connectivity index (χ1n) is 10.1. The van der Waals surface area contributed by atoms with Crippen molar-refractivity contribution in [1.82, 2.24) is 14.5 Å². The van der Waals surface area contributed by atoms with Crippen molar-refractivity contribution in [2.24, 2.45) is 0 Å². The highest BCUT2D eigenvalue weighted by atomic mass is 32.2. The molecular weight excluding hydrogens is 437 g/mol. The van der Waals surface area contributed by atoms with Gasteiger partial charge in [0.2, 0.25) is 11.8 Å². The van der Waals surface area contributed by atoms with Crippen molar-refractivity contribution in [1.29, 1.82) is 0 Å². The second-order valence-electron chi connectivity index (χ2n) is 7.43. The number of hydrogen-bond acceptors (Lipinski definition) is 5. The predicted octanol–water partition coefficient (Wildman–Crippen LogP) is 1.91. The van der Waals surface area contributed by atoms with Crippen LogP contribution in [0.1, 0.15) is 36.2 Å². The molecule has 2 aromatic carbocycles. The third-order valence-corrected chi connectivity index (χ3v) is 6.96. The van der Waals surface area contributed by atoms with Gasteiger partial charge in [-0.25, -0.2) is 17.1 Å². The molecule has 0 unspecified atom stereocenters. The van der Waals surface area contributed by atoms with Gasteiger partial charge < -0.3 is 10.2 Å². The maximum Gasteiger partial charge on any atom is 0.269 e. The van der Waals surface area contributed by atoms with Gasteiger partial charge in [-0.15, -0.1) is 0 Å². The van der Waals surface area contributed by atoms with Crippen LogP contribution < -0.4 is 5.32 Å². The fourth-order valence-electron chi connectivity index (χ4n) is 3.37. The van der Waals surface area contributed by atoms with Crippen molar-refractivity contribution in [3.05, 3.63) is 65.5 Å². The van der Waals surface area contributed by atoms with Gasteiger partial charge in [-0.1, -0.05) is 31.2 Å². The number of fused-ring (bicyclic) bond motifs is 1. The third-order valence-electron chi connectivity index (χ3n) is 5.17. The van der Waals surface area contributed by atoms with Gasteiger partial charge in [-0.2, -0.15) is 0 Å². The Morgan fingerprint density at radius 3 is 2.41 bits per heavy atom. The highest BCUT2D eigenvalue weighted by Crippen LogP contribution is 2.30. The predicted molar refractivity (Wildman–Crippen MR) is 114 cm³/mol. The number of rotatable bonds is 8. The van der Waals surface area contributed by atoms with E-state index >= 15 is 0 Å². The molecule has 8 nitrogen and oxygen atoms in total. The Morgan fingerprint density at radius 2 is 1.78 bits per heavy atom. The minimum Gasteiger partial charge on any atom is -0.354 e. The average Bonchev–Trinajstić information content (AvgIpc) is 2.97. The van der Waals surface area contributed by atoms with Gasteiger partial charge in [-0.3, -0.25) is 14.4 Å². The molecule has 0 fully saturated rings. The van der Waals surface area contributed by atoms with E-state index in [2.05, 4.69) is 5.32 Å². The van der Waals surface area contributed by atoms with Crippen LogP contribution in [0.25, 0.3) is 0 Å². The van der Waals surface area contributed by atoms with Gasteiger partial charge in [0.05, 0.1) is 5.56 Å². The van der Waals surface area contributed by atoms with Gasteiger partial charge in [0.25, 0.3) is 15.9 Å². The van der Waals surface area contributed by atoms with Crippen LogP contribution in [0.3, 0.4) is 0 Å². The second kappa shape index (κ2) is 9.47. The topological polar surface area (TPSA) is 104 Å². The Morgan fingerprint density at radius 1 is 1.12 bits per heavy atom. The Hall–Kier alpha value is -3.27. The zero-order valence-corrected chi connectivity index (χ0v) is 18.6. The average molecular weight is 462 g/mol. The van der Waals surface area contributed by atoms with Crippen molar-refractivity contribution in [3.63, 3.8) is 0 Å². The lowest BCUT2D eigenvalue weighted by Gasteiger charge is -2.30. The van der Waals surface area contributed by atoms with Gasteiger partial charge in [-0.05, 0) is 43.2 Å². The monoisotopic (exact) mass is 461 g/mol. The highest BCUT2D eigenvalue weighted by Gasteiger charge is 2.43. The van der Waals surface area contributed by atoms with Crippen LogP contribution in [-0.4, -0.2) is 54.5 Å². The molecule has 3 amide bonds. The lowest BCUT2D eigenvalue weighted by Crippen LogP contribution is -2.51. The molecule has 32 heavy (non-hydrogen) atoms. The summed E-state index contributed by atoms with van der Waals surface area (Å²) in [6.07, 6.45) is 0.698. The van der Waals surface area contributed by atoms with Crippen LogP contribution >= 0.6 is 0 Å². The summed E-state index contributed by atoms with van der Waals surface area (Å²) in [5.41, 5.74) is 0.549. The van der Waals surface area contributed by atoms with Gasteiger partial charge in [0.15, 0.2) is 0 Å². The zero-order valence-electron chi connectivity index (χ0n) is 17.7. The van der Waals surface area contributed by atoms with Crippen molar-refractivity contribution >= 4 is 27.7 Å². The van der Waals surface area contributed by atoms with Crippen LogP contribution in [0.4, 0.5) is 4.39 Å². The molecule has 0 saturated heterocycles. The summed E-state index contributed by atoms with van der Waals surface area (Å²) < 4.78 is 39.4. The molecule has 1 aliphatic rings. The Kier molecular flexibility index (Phi) is 6.93. The Labute approximate surface area is 186 Å². The number of sulfonamides is 1. The summed E-state index contributed by atoms with van der Waals surface area (Å²) in [6, 6.07) is 10.2. The van der Waals surface area contributed by atoms with Gasteiger partial charge >= 0.3 is 0 Å². The van der Waals surface area contributed by atoms with Crippen LogP contribution in [0.5, 0.6) is 0 Å². The van der Waals surface area contributed by atoms with Crippen molar-refractivity contribution in [2.45, 2.75) is 37.8 Å². The summed E-state index contributed by atoms with van der Waals surface area (Å²) in [5.74, 6) is -2.38. The van der Waals surface area contributed by atoms with Crippen molar-refractivity contribution in [3.8, 4) is 0 Å². The van der Waals surface area contributed by atoms with Crippen LogP contribution in [0.15, 0.2) is 53.4 Å². The molecule has 1 aliphatic heterocycles. The van der Waals surface area contributed by atoms with E-state index in [0.717, 1.165) is 0 Å². The molecule has 0 bridgehead atoms. The quantitative estimate of drug-likeness (QED) is 0.647. The van der Waals surface area contributed by atoms with Crippen LogP contribution in [0, 0.1) is 5.82 Å². The van der Waals surface area contributed by atoms with E-state index in [4.69, 9.17) is 0 Å². The molecule has 0 aliphatic carbocycles. The molecule has 3 rings (SSSR count). The van der Waals surface area contributed by atoms with E-state index in [9.17, 15) is 27.2 Å². The number of benzene rings is 2. The molecule has 1 N–H and O–H groups in total. The van der Waals surface area contributed by atoms with Gasteiger partial charge in [0.1, 0.15) is 23.3 Å². The highest BCUT2D eigenvalue weighted by molar-refractivity contribution is 7.90. The van der Waals surface area contributed by atoms with Crippen molar-refractivity contribution in [2.75, 3.05) is 13.1 Å². The molecule has 10 heteroatoms. The molecular formula is C22H24FN3O5S. The maximum atomic E-state index is 13.3. The Balaban J connectivity index is 1.87. The lowest BCUT2D eigenvalue weighted by molar-refractivity contribution is -0.140. The SMILES string of the molecule is CCCNC(=O)[C@@H](C)N(Cc1ccc(F)cc1)C(=O)CN1C(=O)c2ccccc2S1(=O)=O. The summed E-state index contributed by atoms with van der Waals surface area (Å²) in [7, 11) is -4.18. The second-order valence-corrected chi connectivity index (χ2v) is 9.26. The molecule has 0 radical (unpaired) electrons. The number of carbonyl (C=O) groups is 3. The smallest absolute Gasteiger partial charge is 0.269 e. The first-order valence-corrected chi connectivity index (χ1v) is 11.6. The number of nitrogens with zero attached hydrogens (tertiary/aromatic N) is 2. The fourth-order valence-corrected chi connectivity index (χ4v) is 4.88. The molecule has 1 atom stereocenters. The maximum absolute atomic E-state index is 13.3. The van der Waals surface area contributed by atoms with E-state index in [-0.39, 0.29) is 17.0 Å². The summed E-state index contributed by atoms with van der Waals surface area (Å²) in [6.45, 7) is 3.00. The van der Waals surface area contributed by atoms with E-state index in [1.807, 2.05) is 6.92 Å². The van der Waals surface area contributed by atoms with Gasteiger partial charge in [0, 0.05) is 13.1 Å². The molecule has 0 saturated carbocycles. The van der Waals surface area contributed by atoms with Crippen molar-refractivity contribution < 1.29 is 27.2 Å². The zero-order chi connectivity index (χ0) is 23.5. The largest absolute Gasteiger partial charge is 0.354 e. The summed E-state index contributed by atoms with van der Waals surface area (Å²) in [4.78, 5) is 39.4.